The first kappa shape index (κ1) is 16.6. The average Bonchev–Trinajstić information content (AvgIpc) is 2.96. The highest BCUT2D eigenvalue weighted by molar-refractivity contribution is 14.1. The van der Waals surface area contributed by atoms with Gasteiger partial charge < -0.3 is 0 Å². The second-order valence-corrected chi connectivity index (χ2v) is 6.92. The lowest BCUT2D eigenvalue weighted by molar-refractivity contribution is -0.384. The third-order valence-corrected chi connectivity index (χ3v) is 5.08. The molecule has 128 valence electrons. The van der Waals surface area contributed by atoms with Crippen LogP contribution in [-0.2, 0) is 0 Å². The van der Waals surface area contributed by atoms with Crippen LogP contribution in [0, 0.1) is 13.7 Å². The van der Waals surface area contributed by atoms with Crippen molar-refractivity contribution in [3.63, 3.8) is 0 Å². The minimum atomic E-state index is -0.443. The Morgan fingerprint density at radius 1 is 1.15 bits per heavy atom. The Bertz CT molecular complexity index is 1200. The van der Waals surface area contributed by atoms with E-state index in [2.05, 4.69) is 32.8 Å². The van der Waals surface area contributed by atoms with Gasteiger partial charge in [-0.2, -0.15) is 0 Å². The Labute approximate surface area is 160 Å². The predicted molar refractivity (Wildman–Crippen MR) is 106 cm³/mol. The molecule has 0 saturated carbocycles. The van der Waals surface area contributed by atoms with E-state index in [1.54, 1.807) is 16.7 Å². The number of aromatic nitrogens is 3. The SMILES string of the molecule is CC(=O)n1c2cccc(I)c2c2cc(-c3ccc([N+](=O)[O-])cc3)nnc21. The summed E-state index contributed by atoms with van der Waals surface area (Å²) in [4.78, 5) is 22.5. The summed E-state index contributed by atoms with van der Waals surface area (Å²) in [6, 6.07) is 13.8. The molecule has 0 bridgehead atoms. The highest BCUT2D eigenvalue weighted by atomic mass is 127. The van der Waals surface area contributed by atoms with Gasteiger partial charge in [0.15, 0.2) is 5.65 Å². The van der Waals surface area contributed by atoms with Crippen LogP contribution in [-0.4, -0.2) is 25.6 Å². The number of nitrogens with zero attached hydrogens (tertiary/aromatic N) is 4. The monoisotopic (exact) mass is 458 g/mol. The Morgan fingerprint density at radius 2 is 1.88 bits per heavy atom. The zero-order chi connectivity index (χ0) is 18.4. The molecule has 2 heterocycles. The number of halogens is 1. The standard InChI is InChI=1S/C18H11IN4O3/c1-10(24)22-16-4-2-3-14(19)17(16)13-9-15(20-21-18(13)22)11-5-7-12(8-6-11)23(25)26/h2-9H,1H3. The van der Waals surface area contributed by atoms with Crippen LogP contribution in [0.3, 0.4) is 0 Å². The van der Waals surface area contributed by atoms with E-state index in [1.807, 2.05) is 24.3 Å². The lowest BCUT2D eigenvalue weighted by Crippen LogP contribution is -2.06. The van der Waals surface area contributed by atoms with Crippen molar-refractivity contribution in [2.45, 2.75) is 6.92 Å². The van der Waals surface area contributed by atoms with Gasteiger partial charge in [0.05, 0.1) is 16.1 Å². The molecule has 0 aliphatic rings. The normalized spacial score (nSPS) is 11.2. The van der Waals surface area contributed by atoms with Crippen molar-refractivity contribution in [1.29, 1.82) is 0 Å². The number of carbonyl (C=O) groups is 1. The van der Waals surface area contributed by atoms with Gasteiger partial charge in [-0.1, -0.05) is 6.07 Å². The maximum Gasteiger partial charge on any atom is 0.269 e. The lowest BCUT2D eigenvalue weighted by Gasteiger charge is -2.02. The van der Waals surface area contributed by atoms with Gasteiger partial charge in [-0.05, 0) is 52.9 Å². The smallest absolute Gasteiger partial charge is 0.269 e. The molecule has 0 spiro atoms. The molecule has 0 N–H and O–H groups in total. The highest BCUT2D eigenvalue weighted by Crippen LogP contribution is 2.33. The molecular weight excluding hydrogens is 447 g/mol. The molecule has 2 aromatic heterocycles. The number of non-ortho nitro benzene ring substituents is 1. The van der Waals surface area contributed by atoms with Crippen molar-refractivity contribution in [3.8, 4) is 11.3 Å². The van der Waals surface area contributed by atoms with Crippen LogP contribution < -0.4 is 0 Å². The number of carbonyl (C=O) groups excluding carboxylic acids is 1. The lowest BCUT2D eigenvalue weighted by atomic mass is 10.1. The van der Waals surface area contributed by atoms with Gasteiger partial charge >= 0.3 is 0 Å². The van der Waals surface area contributed by atoms with Crippen molar-refractivity contribution in [2.75, 3.05) is 0 Å². The van der Waals surface area contributed by atoms with Crippen molar-refractivity contribution < 1.29 is 9.72 Å². The van der Waals surface area contributed by atoms with Crippen molar-refractivity contribution in [1.82, 2.24) is 14.8 Å². The van der Waals surface area contributed by atoms with E-state index in [0.29, 0.717) is 11.3 Å². The first-order chi connectivity index (χ1) is 12.5. The molecule has 0 fully saturated rings. The van der Waals surface area contributed by atoms with Crippen LogP contribution in [0.1, 0.15) is 11.7 Å². The minimum Gasteiger partial charge on any atom is -0.274 e. The van der Waals surface area contributed by atoms with Crippen LogP contribution in [0.2, 0.25) is 0 Å². The van der Waals surface area contributed by atoms with Crippen LogP contribution in [0.4, 0.5) is 5.69 Å². The molecule has 8 heteroatoms. The van der Waals surface area contributed by atoms with Gasteiger partial charge in [-0.25, -0.2) is 0 Å². The van der Waals surface area contributed by atoms with E-state index in [-0.39, 0.29) is 11.6 Å². The third-order valence-electron chi connectivity index (χ3n) is 4.18. The van der Waals surface area contributed by atoms with Gasteiger partial charge in [0.25, 0.3) is 5.69 Å². The summed E-state index contributed by atoms with van der Waals surface area (Å²) in [5.74, 6) is -0.135. The summed E-state index contributed by atoms with van der Waals surface area (Å²) in [7, 11) is 0. The molecule has 2 aromatic carbocycles. The number of hydrogen-bond acceptors (Lipinski definition) is 5. The van der Waals surface area contributed by atoms with E-state index in [9.17, 15) is 14.9 Å². The highest BCUT2D eigenvalue weighted by Gasteiger charge is 2.18. The number of benzene rings is 2. The Morgan fingerprint density at radius 3 is 2.54 bits per heavy atom. The van der Waals surface area contributed by atoms with E-state index in [4.69, 9.17) is 0 Å². The number of rotatable bonds is 2. The number of hydrogen-bond donors (Lipinski definition) is 0. The van der Waals surface area contributed by atoms with Gasteiger partial charge in [-0.3, -0.25) is 19.5 Å². The predicted octanol–water partition coefficient (Wildman–Crippen LogP) is 4.42. The fourth-order valence-electron chi connectivity index (χ4n) is 3.03. The molecule has 0 radical (unpaired) electrons. The molecule has 0 aliphatic carbocycles. The molecule has 26 heavy (non-hydrogen) atoms. The summed E-state index contributed by atoms with van der Waals surface area (Å²) < 4.78 is 2.56. The molecule has 4 rings (SSSR count). The summed E-state index contributed by atoms with van der Waals surface area (Å²) in [6.07, 6.45) is 0. The van der Waals surface area contributed by atoms with Crippen LogP contribution in [0.15, 0.2) is 48.5 Å². The van der Waals surface area contributed by atoms with E-state index < -0.39 is 4.92 Å². The summed E-state index contributed by atoms with van der Waals surface area (Å²) >= 11 is 2.23. The maximum atomic E-state index is 12.1. The minimum absolute atomic E-state index is 0.0190. The topological polar surface area (TPSA) is 90.9 Å². The Hall–Kier alpha value is -2.88. The number of fused-ring (bicyclic) bond motifs is 3. The summed E-state index contributed by atoms with van der Waals surface area (Å²) in [5.41, 5.74) is 2.62. The number of nitro benzene ring substituents is 1. The first-order valence-electron chi connectivity index (χ1n) is 7.69. The third kappa shape index (κ3) is 2.53. The number of nitro groups is 1. The molecule has 7 nitrogen and oxygen atoms in total. The largest absolute Gasteiger partial charge is 0.274 e. The molecule has 0 unspecified atom stereocenters. The maximum absolute atomic E-state index is 12.1. The zero-order valence-electron chi connectivity index (χ0n) is 13.5. The van der Waals surface area contributed by atoms with Gasteiger partial charge in [0.2, 0.25) is 5.91 Å². The zero-order valence-corrected chi connectivity index (χ0v) is 15.7. The molecule has 0 atom stereocenters. The second kappa shape index (κ2) is 6.13. The fourth-order valence-corrected chi connectivity index (χ4v) is 3.80. The summed E-state index contributed by atoms with van der Waals surface area (Å²) in [5, 5.41) is 21.1. The van der Waals surface area contributed by atoms with E-state index in [1.165, 1.54) is 19.1 Å². The Kier molecular flexibility index (Phi) is 3.91. The van der Waals surface area contributed by atoms with Crippen molar-refractivity contribution >= 4 is 56.1 Å². The van der Waals surface area contributed by atoms with E-state index >= 15 is 0 Å². The van der Waals surface area contributed by atoms with E-state index in [0.717, 1.165) is 25.4 Å². The molecule has 0 saturated heterocycles. The summed E-state index contributed by atoms with van der Waals surface area (Å²) in [6.45, 7) is 1.49. The van der Waals surface area contributed by atoms with Crippen LogP contribution in [0.5, 0.6) is 0 Å². The van der Waals surface area contributed by atoms with Crippen molar-refractivity contribution in [2.24, 2.45) is 0 Å². The molecule has 0 aliphatic heterocycles. The van der Waals surface area contributed by atoms with Crippen LogP contribution >= 0.6 is 22.6 Å². The van der Waals surface area contributed by atoms with Gasteiger partial charge in [-0.15, -0.1) is 10.2 Å². The molecule has 4 aromatic rings. The quantitative estimate of drug-likeness (QED) is 0.252. The molecular formula is C18H11IN4O3. The average molecular weight is 458 g/mol. The first-order valence-corrected chi connectivity index (χ1v) is 8.77. The second-order valence-electron chi connectivity index (χ2n) is 5.76. The fraction of sp³-hybridized carbons (Fsp3) is 0.0556. The Balaban J connectivity index is 1.99. The molecule has 0 amide bonds. The van der Waals surface area contributed by atoms with Gasteiger partial charge in [0, 0.05) is 39.0 Å². The van der Waals surface area contributed by atoms with Crippen molar-refractivity contribution in [3.05, 3.63) is 62.2 Å². The van der Waals surface area contributed by atoms with Crippen LogP contribution in [0.25, 0.3) is 33.2 Å². The van der Waals surface area contributed by atoms with Gasteiger partial charge in [0.1, 0.15) is 0 Å².